The van der Waals surface area contributed by atoms with Crippen LogP contribution < -0.4 is 5.43 Å². The summed E-state index contributed by atoms with van der Waals surface area (Å²) in [5.41, 5.74) is 4.93. The Hall–Kier alpha value is -2.04. The summed E-state index contributed by atoms with van der Waals surface area (Å²) in [6.45, 7) is 3.80. The minimum atomic E-state index is -0.240. The van der Waals surface area contributed by atoms with E-state index in [4.69, 9.17) is 22.1 Å². The zero-order valence-electron chi connectivity index (χ0n) is 8.87. The predicted molar refractivity (Wildman–Crippen MR) is 63.2 cm³/mol. The van der Waals surface area contributed by atoms with Gasteiger partial charge in [-0.25, -0.2) is 0 Å². The molecule has 0 unspecified atom stereocenters. The van der Waals surface area contributed by atoms with Crippen LogP contribution in [0.15, 0.2) is 17.2 Å². The molecule has 0 radical (unpaired) electrons. The zero-order chi connectivity index (χ0) is 12.1. The normalized spacial score (nSPS) is 8.81. The average molecular weight is 233 g/mol. The molecule has 0 aliphatic heterocycles. The average Bonchev–Trinajstić information content (AvgIpc) is 2.22. The van der Waals surface area contributed by atoms with Crippen molar-refractivity contribution in [2.45, 2.75) is 13.8 Å². The van der Waals surface area contributed by atoms with Gasteiger partial charge in [-0.1, -0.05) is 17.7 Å². The second-order valence-corrected chi connectivity index (χ2v) is 3.64. The Morgan fingerprint density at radius 2 is 1.94 bits per heavy atom. The standard InChI is InChI=1S/C11H9ClN4/c1-7-3-8(2)11(10(12)4-7)16-15-9(5-13)6-14/h3-4,16H,1-2H3. The molecule has 4 nitrogen and oxygen atoms in total. The largest absolute Gasteiger partial charge is 0.275 e. The Balaban J connectivity index is 3.05. The van der Waals surface area contributed by atoms with E-state index in [2.05, 4.69) is 10.5 Å². The first-order valence-corrected chi connectivity index (χ1v) is 4.87. The third-order valence-corrected chi connectivity index (χ3v) is 2.22. The van der Waals surface area contributed by atoms with Crippen molar-refractivity contribution in [1.82, 2.24) is 0 Å². The Morgan fingerprint density at radius 3 is 2.44 bits per heavy atom. The van der Waals surface area contributed by atoms with Gasteiger partial charge in [-0.05, 0) is 31.0 Å². The molecule has 1 N–H and O–H groups in total. The van der Waals surface area contributed by atoms with Crippen LogP contribution in [-0.4, -0.2) is 5.71 Å². The quantitative estimate of drug-likeness (QED) is 0.630. The molecule has 0 bridgehead atoms. The van der Waals surface area contributed by atoms with Crippen LogP contribution in [-0.2, 0) is 0 Å². The first kappa shape index (κ1) is 12.0. The maximum Gasteiger partial charge on any atom is 0.237 e. The van der Waals surface area contributed by atoms with E-state index in [1.807, 2.05) is 19.9 Å². The Kier molecular flexibility index (Phi) is 3.88. The van der Waals surface area contributed by atoms with Gasteiger partial charge in [0.05, 0.1) is 10.7 Å². The van der Waals surface area contributed by atoms with Gasteiger partial charge >= 0.3 is 0 Å². The molecule has 0 amide bonds. The number of nitrogens with one attached hydrogen (secondary N) is 1. The minimum Gasteiger partial charge on any atom is -0.275 e. The third-order valence-electron chi connectivity index (χ3n) is 1.92. The van der Waals surface area contributed by atoms with Gasteiger partial charge in [-0.2, -0.15) is 15.6 Å². The van der Waals surface area contributed by atoms with Crippen molar-refractivity contribution in [3.8, 4) is 12.1 Å². The topological polar surface area (TPSA) is 72.0 Å². The lowest BCUT2D eigenvalue weighted by molar-refractivity contribution is 1.28. The monoisotopic (exact) mass is 232 g/mol. The van der Waals surface area contributed by atoms with Crippen LogP contribution in [0.3, 0.4) is 0 Å². The van der Waals surface area contributed by atoms with Crippen molar-refractivity contribution in [3.05, 3.63) is 28.3 Å². The molecule has 0 atom stereocenters. The molecular formula is C11H9ClN4. The van der Waals surface area contributed by atoms with Gasteiger partial charge < -0.3 is 0 Å². The second-order valence-electron chi connectivity index (χ2n) is 3.23. The summed E-state index contributed by atoms with van der Waals surface area (Å²) >= 11 is 6.01. The molecule has 5 heteroatoms. The van der Waals surface area contributed by atoms with Crippen LogP contribution in [0, 0.1) is 36.5 Å². The molecule has 16 heavy (non-hydrogen) atoms. The summed E-state index contributed by atoms with van der Waals surface area (Å²) in [7, 11) is 0. The number of aryl methyl sites for hydroxylation is 2. The zero-order valence-corrected chi connectivity index (χ0v) is 9.63. The third kappa shape index (κ3) is 2.73. The number of hydrogen-bond acceptors (Lipinski definition) is 4. The number of anilines is 1. The number of nitrogens with zero attached hydrogens (tertiary/aromatic N) is 3. The number of benzene rings is 1. The van der Waals surface area contributed by atoms with Crippen molar-refractivity contribution in [1.29, 1.82) is 10.5 Å². The molecule has 1 aromatic rings. The van der Waals surface area contributed by atoms with Gasteiger partial charge in [0.1, 0.15) is 12.1 Å². The van der Waals surface area contributed by atoms with E-state index < -0.39 is 0 Å². The van der Waals surface area contributed by atoms with Crippen LogP contribution in [0.5, 0.6) is 0 Å². The summed E-state index contributed by atoms with van der Waals surface area (Å²) in [5.74, 6) is 0. The molecule has 0 saturated heterocycles. The molecule has 1 aromatic carbocycles. The molecule has 0 aliphatic rings. The lowest BCUT2D eigenvalue weighted by Gasteiger charge is -2.08. The van der Waals surface area contributed by atoms with Crippen LogP contribution in [0.1, 0.15) is 11.1 Å². The highest BCUT2D eigenvalue weighted by Gasteiger charge is 2.04. The maximum absolute atomic E-state index is 8.51. The lowest BCUT2D eigenvalue weighted by Crippen LogP contribution is -1.99. The minimum absolute atomic E-state index is 0.240. The smallest absolute Gasteiger partial charge is 0.237 e. The summed E-state index contributed by atoms with van der Waals surface area (Å²) in [6, 6.07) is 7.03. The highest BCUT2D eigenvalue weighted by Crippen LogP contribution is 2.27. The van der Waals surface area contributed by atoms with Gasteiger partial charge in [0.2, 0.25) is 5.71 Å². The molecule has 0 aromatic heterocycles. The second kappa shape index (κ2) is 5.16. The van der Waals surface area contributed by atoms with Crippen molar-refractivity contribution in [2.24, 2.45) is 5.10 Å². The number of rotatable bonds is 2. The lowest BCUT2D eigenvalue weighted by atomic mass is 10.1. The highest BCUT2D eigenvalue weighted by molar-refractivity contribution is 6.33. The van der Waals surface area contributed by atoms with E-state index in [0.29, 0.717) is 10.7 Å². The number of hydrogen-bond donors (Lipinski definition) is 1. The Bertz CT molecular complexity index is 481. The van der Waals surface area contributed by atoms with Gasteiger partial charge in [0.15, 0.2) is 0 Å². The Morgan fingerprint density at radius 1 is 1.31 bits per heavy atom. The van der Waals surface area contributed by atoms with Gasteiger partial charge in [-0.3, -0.25) is 5.43 Å². The van der Waals surface area contributed by atoms with Crippen LogP contribution >= 0.6 is 11.6 Å². The molecular weight excluding hydrogens is 224 g/mol. The van der Waals surface area contributed by atoms with Crippen molar-refractivity contribution in [2.75, 3.05) is 5.43 Å². The van der Waals surface area contributed by atoms with Gasteiger partial charge in [0.25, 0.3) is 0 Å². The van der Waals surface area contributed by atoms with E-state index >= 15 is 0 Å². The molecule has 0 aliphatic carbocycles. The van der Waals surface area contributed by atoms with Crippen LogP contribution in [0.4, 0.5) is 5.69 Å². The predicted octanol–water partition coefficient (Wildman–Crippen LogP) is 2.77. The highest BCUT2D eigenvalue weighted by atomic mass is 35.5. The fourth-order valence-corrected chi connectivity index (χ4v) is 1.61. The molecule has 0 saturated carbocycles. The van der Waals surface area contributed by atoms with E-state index in [1.165, 1.54) is 0 Å². The summed E-state index contributed by atoms with van der Waals surface area (Å²) in [5, 5.41) is 21.2. The summed E-state index contributed by atoms with van der Waals surface area (Å²) in [6.07, 6.45) is 0. The maximum atomic E-state index is 8.51. The summed E-state index contributed by atoms with van der Waals surface area (Å²) in [4.78, 5) is 0. The molecule has 1 rings (SSSR count). The van der Waals surface area contributed by atoms with Gasteiger partial charge in [0, 0.05) is 0 Å². The van der Waals surface area contributed by atoms with Crippen molar-refractivity contribution >= 4 is 23.0 Å². The van der Waals surface area contributed by atoms with Crippen molar-refractivity contribution < 1.29 is 0 Å². The molecule has 0 heterocycles. The molecule has 0 fully saturated rings. The van der Waals surface area contributed by atoms with Crippen molar-refractivity contribution in [3.63, 3.8) is 0 Å². The van der Waals surface area contributed by atoms with E-state index in [1.54, 1.807) is 18.2 Å². The fourth-order valence-electron chi connectivity index (χ4n) is 1.24. The number of nitriles is 2. The number of hydrazone groups is 1. The van der Waals surface area contributed by atoms with E-state index in [9.17, 15) is 0 Å². The molecule has 80 valence electrons. The number of halogens is 1. The SMILES string of the molecule is Cc1cc(C)c(NN=C(C#N)C#N)c(Cl)c1. The Labute approximate surface area is 98.8 Å². The first-order valence-electron chi connectivity index (χ1n) is 4.49. The van der Waals surface area contributed by atoms with E-state index in [0.717, 1.165) is 11.1 Å². The van der Waals surface area contributed by atoms with Gasteiger partial charge in [-0.15, -0.1) is 0 Å². The van der Waals surface area contributed by atoms with Crippen LogP contribution in [0.2, 0.25) is 5.02 Å². The van der Waals surface area contributed by atoms with E-state index in [-0.39, 0.29) is 5.71 Å². The first-order chi connectivity index (χ1) is 7.58. The fraction of sp³-hybridized carbons (Fsp3) is 0.182. The van der Waals surface area contributed by atoms with Crippen LogP contribution in [0.25, 0.3) is 0 Å². The molecule has 0 spiro atoms. The summed E-state index contributed by atoms with van der Waals surface area (Å²) < 4.78 is 0.